The van der Waals surface area contributed by atoms with Crippen molar-refractivity contribution in [1.29, 1.82) is 0 Å². The minimum absolute atomic E-state index is 0.0310. The fraction of sp³-hybridized carbons (Fsp3) is 0.556. The quantitative estimate of drug-likeness (QED) is 0.727. The molecule has 0 spiro atoms. The van der Waals surface area contributed by atoms with Crippen LogP contribution in [-0.2, 0) is 13.0 Å². The number of carbonyl (C=O) groups excluding carboxylic acids is 1. The summed E-state index contributed by atoms with van der Waals surface area (Å²) in [5.41, 5.74) is 1.60. The number of nitrogens with zero attached hydrogens (tertiary/aromatic N) is 2. The third-order valence-corrected chi connectivity index (χ3v) is 4.89. The summed E-state index contributed by atoms with van der Waals surface area (Å²) in [6.07, 6.45) is 2.81. The summed E-state index contributed by atoms with van der Waals surface area (Å²) in [5, 5.41) is 15.3. The van der Waals surface area contributed by atoms with Crippen LogP contribution >= 0.6 is 0 Å². The van der Waals surface area contributed by atoms with Crippen LogP contribution in [0.4, 0.5) is 4.79 Å². The van der Waals surface area contributed by atoms with Crippen LogP contribution in [0.15, 0.2) is 24.3 Å². The van der Waals surface area contributed by atoms with Gasteiger partial charge in [-0.05, 0) is 44.7 Å². The van der Waals surface area contributed by atoms with Gasteiger partial charge >= 0.3 is 6.03 Å². The molecular weight excluding hydrogens is 304 g/mol. The highest BCUT2D eigenvalue weighted by molar-refractivity contribution is 5.76. The van der Waals surface area contributed by atoms with E-state index in [2.05, 4.69) is 33.2 Å². The molecule has 130 valence electrons. The molecule has 1 heterocycles. The lowest BCUT2D eigenvalue weighted by molar-refractivity contribution is 0.155. The van der Waals surface area contributed by atoms with Crippen LogP contribution in [0.2, 0.25) is 0 Å². The topological polar surface area (TPSA) is 79.2 Å². The van der Waals surface area contributed by atoms with Crippen molar-refractivity contribution in [1.82, 2.24) is 20.2 Å². The van der Waals surface area contributed by atoms with Gasteiger partial charge in [-0.1, -0.05) is 12.1 Å². The highest BCUT2D eigenvalue weighted by atomic mass is 16.3. The highest BCUT2D eigenvalue weighted by Crippen LogP contribution is 2.39. The molecule has 1 aliphatic carbocycles. The number of imidazole rings is 1. The molecule has 1 atom stereocenters. The minimum atomic E-state index is -0.513. The van der Waals surface area contributed by atoms with E-state index in [0.29, 0.717) is 18.9 Å². The van der Waals surface area contributed by atoms with Crippen molar-refractivity contribution in [2.45, 2.75) is 45.2 Å². The van der Waals surface area contributed by atoms with Crippen LogP contribution in [0.25, 0.3) is 11.0 Å². The molecule has 0 saturated heterocycles. The Labute approximate surface area is 142 Å². The molecule has 6 nitrogen and oxygen atoms in total. The van der Waals surface area contributed by atoms with Gasteiger partial charge in [-0.2, -0.15) is 0 Å². The number of rotatable bonds is 7. The fourth-order valence-electron chi connectivity index (χ4n) is 3.25. The molecule has 0 radical (unpaired) electrons. The van der Waals surface area contributed by atoms with Gasteiger partial charge in [0.1, 0.15) is 5.82 Å². The molecule has 1 aromatic carbocycles. The predicted octanol–water partition coefficient (Wildman–Crippen LogP) is 2.06. The number of amides is 2. The van der Waals surface area contributed by atoms with Gasteiger partial charge in [0.05, 0.1) is 23.2 Å². The second kappa shape index (κ2) is 6.81. The van der Waals surface area contributed by atoms with Gasteiger partial charge in [-0.3, -0.25) is 0 Å². The van der Waals surface area contributed by atoms with E-state index in [-0.39, 0.29) is 12.6 Å². The Balaban J connectivity index is 1.57. The molecular formula is C18H26N4O2. The van der Waals surface area contributed by atoms with Gasteiger partial charge in [0.15, 0.2) is 0 Å². The second-order valence-corrected chi connectivity index (χ2v) is 6.74. The lowest BCUT2D eigenvalue weighted by Crippen LogP contribution is -2.54. The van der Waals surface area contributed by atoms with Gasteiger partial charge in [-0.25, -0.2) is 9.78 Å². The minimum Gasteiger partial charge on any atom is -0.394 e. The standard InChI is InChI=1S/C18H26N4O2/c1-3-22-15-7-5-4-6-14(15)20-16(22)10-11-19-17(24)21-18(2,12-23)13-8-9-13/h4-7,13,23H,3,8-12H2,1-2H3,(H2,19,21,24)/t18-/m1/s1. The molecule has 3 N–H and O–H groups in total. The van der Waals surface area contributed by atoms with E-state index in [1.807, 2.05) is 25.1 Å². The van der Waals surface area contributed by atoms with Crippen LogP contribution in [-0.4, -0.2) is 39.4 Å². The Bertz CT molecular complexity index is 723. The van der Waals surface area contributed by atoms with E-state index in [4.69, 9.17) is 0 Å². The van der Waals surface area contributed by atoms with E-state index in [0.717, 1.165) is 36.2 Å². The largest absolute Gasteiger partial charge is 0.394 e. The van der Waals surface area contributed by atoms with Gasteiger partial charge in [0, 0.05) is 19.5 Å². The number of carbonyl (C=O) groups is 1. The van der Waals surface area contributed by atoms with Crippen molar-refractivity contribution >= 4 is 17.1 Å². The molecule has 1 fully saturated rings. The molecule has 3 rings (SSSR count). The van der Waals surface area contributed by atoms with E-state index in [1.165, 1.54) is 0 Å². The van der Waals surface area contributed by atoms with Gasteiger partial charge in [0.2, 0.25) is 0 Å². The Kier molecular flexibility index (Phi) is 4.76. The monoisotopic (exact) mass is 330 g/mol. The average molecular weight is 330 g/mol. The van der Waals surface area contributed by atoms with Gasteiger partial charge < -0.3 is 20.3 Å². The fourth-order valence-corrected chi connectivity index (χ4v) is 3.25. The number of urea groups is 1. The first-order chi connectivity index (χ1) is 11.6. The third-order valence-electron chi connectivity index (χ3n) is 4.89. The Hall–Kier alpha value is -2.08. The van der Waals surface area contributed by atoms with Crippen LogP contribution in [0.1, 0.15) is 32.5 Å². The van der Waals surface area contributed by atoms with Crippen molar-refractivity contribution < 1.29 is 9.90 Å². The van der Waals surface area contributed by atoms with Crippen molar-refractivity contribution in [3.8, 4) is 0 Å². The molecule has 6 heteroatoms. The van der Waals surface area contributed by atoms with Crippen molar-refractivity contribution in [3.05, 3.63) is 30.1 Å². The number of aryl methyl sites for hydroxylation is 1. The molecule has 24 heavy (non-hydrogen) atoms. The maximum atomic E-state index is 12.1. The summed E-state index contributed by atoms with van der Waals surface area (Å²) in [4.78, 5) is 16.8. The number of para-hydroxylation sites is 2. The third kappa shape index (κ3) is 3.38. The number of nitrogens with one attached hydrogen (secondary N) is 2. The normalized spacial score (nSPS) is 16.8. The van der Waals surface area contributed by atoms with Crippen LogP contribution in [0.5, 0.6) is 0 Å². The Morgan fingerprint density at radius 2 is 2.17 bits per heavy atom. The number of aliphatic hydroxyl groups excluding tert-OH is 1. The molecule has 0 unspecified atom stereocenters. The number of benzene rings is 1. The van der Waals surface area contributed by atoms with Crippen LogP contribution in [0.3, 0.4) is 0 Å². The lowest BCUT2D eigenvalue weighted by atomic mass is 9.97. The SMILES string of the molecule is CCn1c(CCNC(=O)N[C@](C)(CO)C2CC2)nc2ccccc21. The molecule has 1 aliphatic rings. The zero-order valence-corrected chi connectivity index (χ0v) is 14.4. The molecule has 0 aliphatic heterocycles. The van der Waals surface area contributed by atoms with E-state index >= 15 is 0 Å². The number of hydrogen-bond donors (Lipinski definition) is 3. The smallest absolute Gasteiger partial charge is 0.315 e. The first-order valence-corrected chi connectivity index (χ1v) is 8.68. The predicted molar refractivity (Wildman–Crippen MR) is 93.9 cm³/mol. The first kappa shape index (κ1) is 16.8. The molecule has 0 bridgehead atoms. The summed E-state index contributed by atoms with van der Waals surface area (Å²) in [5.74, 6) is 1.36. The van der Waals surface area contributed by atoms with Crippen LogP contribution < -0.4 is 10.6 Å². The van der Waals surface area contributed by atoms with Gasteiger partial charge in [-0.15, -0.1) is 0 Å². The van der Waals surface area contributed by atoms with Crippen molar-refractivity contribution in [3.63, 3.8) is 0 Å². The zero-order valence-electron chi connectivity index (χ0n) is 14.4. The number of hydrogen-bond acceptors (Lipinski definition) is 3. The Morgan fingerprint density at radius 1 is 1.42 bits per heavy atom. The maximum Gasteiger partial charge on any atom is 0.315 e. The number of fused-ring (bicyclic) bond motifs is 1. The molecule has 1 aromatic heterocycles. The zero-order chi connectivity index (χ0) is 17.2. The summed E-state index contributed by atoms with van der Waals surface area (Å²) in [7, 11) is 0. The van der Waals surface area contributed by atoms with Crippen molar-refractivity contribution in [2.24, 2.45) is 5.92 Å². The van der Waals surface area contributed by atoms with Crippen LogP contribution in [0, 0.1) is 5.92 Å². The summed E-state index contributed by atoms with van der Waals surface area (Å²) < 4.78 is 2.18. The summed E-state index contributed by atoms with van der Waals surface area (Å²) in [6, 6.07) is 7.85. The molecule has 1 saturated carbocycles. The second-order valence-electron chi connectivity index (χ2n) is 6.74. The molecule has 2 amide bonds. The lowest BCUT2D eigenvalue weighted by Gasteiger charge is -2.28. The maximum absolute atomic E-state index is 12.1. The highest BCUT2D eigenvalue weighted by Gasteiger charge is 2.42. The van der Waals surface area contributed by atoms with E-state index in [1.54, 1.807) is 0 Å². The Morgan fingerprint density at radius 3 is 2.83 bits per heavy atom. The van der Waals surface area contributed by atoms with E-state index < -0.39 is 5.54 Å². The number of aromatic nitrogens is 2. The summed E-state index contributed by atoms with van der Waals surface area (Å²) >= 11 is 0. The first-order valence-electron chi connectivity index (χ1n) is 8.68. The average Bonchev–Trinajstić information content (AvgIpc) is 3.37. The summed E-state index contributed by atoms with van der Waals surface area (Å²) in [6.45, 7) is 5.34. The molecule has 2 aromatic rings. The van der Waals surface area contributed by atoms with E-state index in [9.17, 15) is 9.90 Å². The van der Waals surface area contributed by atoms with Gasteiger partial charge in [0.25, 0.3) is 0 Å². The number of aliphatic hydroxyl groups is 1. The van der Waals surface area contributed by atoms with Crippen molar-refractivity contribution in [2.75, 3.05) is 13.2 Å².